The summed E-state index contributed by atoms with van der Waals surface area (Å²) in [6.45, 7) is 5.99. The van der Waals surface area contributed by atoms with Crippen LogP contribution in [-0.4, -0.2) is 49.7 Å². The summed E-state index contributed by atoms with van der Waals surface area (Å²) in [6.07, 6.45) is 2.07. The third-order valence-electron chi connectivity index (χ3n) is 2.67. The molecule has 0 aromatic heterocycles. The normalized spacial score (nSPS) is 26.8. The first kappa shape index (κ1) is 12.9. The molecule has 0 spiro atoms. The SMILES string of the molecule is COCC(O)CNCC1CCC(C)(C)O1. The maximum Gasteiger partial charge on any atom is 0.0897 e. The molecule has 1 aliphatic heterocycles. The van der Waals surface area contributed by atoms with Crippen molar-refractivity contribution in [2.75, 3.05) is 26.8 Å². The number of nitrogens with one attached hydrogen (secondary N) is 1. The predicted molar refractivity (Wildman–Crippen MR) is 58.9 cm³/mol. The van der Waals surface area contributed by atoms with Gasteiger partial charge in [0.15, 0.2) is 0 Å². The fourth-order valence-electron chi connectivity index (χ4n) is 1.88. The molecule has 1 saturated heterocycles. The van der Waals surface area contributed by atoms with Crippen molar-refractivity contribution in [3.8, 4) is 0 Å². The molecule has 0 aliphatic carbocycles. The molecule has 0 aromatic rings. The Kier molecular flexibility index (Phi) is 4.99. The first-order valence-corrected chi connectivity index (χ1v) is 5.59. The lowest BCUT2D eigenvalue weighted by Crippen LogP contribution is -2.35. The molecule has 4 heteroatoms. The van der Waals surface area contributed by atoms with Crippen LogP contribution in [0.5, 0.6) is 0 Å². The Morgan fingerprint density at radius 2 is 2.33 bits per heavy atom. The van der Waals surface area contributed by atoms with Crippen molar-refractivity contribution in [2.24, 2.45) is 0 Å². The topological polar surface area (TPSA) is 50.7 Å². The van der Waals surface area contributed by atoms with E-state index in [-0.39, 0.29) is 11.7 Å². The molecule has 15 heavy (non-hydrogen) atoms. The van der Waals surface area contributed by atoms with Crippen molar-refractivity contribution in [1.29, 1.82) is 0 Å². The molecule has 1 heterocycles. The molecule has 90 valence electrons. The van der Waals surface area contributed by atoms with Crippen LogP contribution in [0.3, 0.4) is 0 Å². The summed E-state index contributed by atoms with van der Waals surface area (Å²) in [5, 5.41) is 12.6. The van der Waals surface area contributed by atoms with Crippen LogP contribution >= 0.6 is 0 Å². The van der Waals surface area contributed by atoms with Crippen LogP contribution < -0.4 is 5.32 Å². The maximum atomic E-state index is 9.40. The molecule has 0 radical (unpaired) electrons. The number of hydrogen-bond donors (Lipinski definition) is 2. The van der Waals surface area contributed by atoms with Crippen molar-refractivity contribution in [3.05, 3.63) is 0 Å². The Labute approximate surface area is 92.0 Å². The van der Waals surface area contributed by atoms with E-state index in [0.29, 0.717) is 13.2 Å². The van der Waals surface area contributed by atoms with Gasteiger partial charge in [-0.3, -0.25) is 0 Å². The number of ether oxygens (including phenoxy) is 2. The van der Waals surface area contributed by atoms with E-state index in [1.165, 1.54) is 0 Å². The Morgan fingerprint density at radius 1 is 1.60 bits per heavy atom. The van der Waals surface area contributed by atoms with Gasteiger partial charge in [-0.25, -0.2) is 0 Å². The molecule has 2 N–H and O–H groups in total. The molecule has 2 atom stereocenters. The average molecular weight is 217 g/mol. The highest BCUT2D eigenvalue weighted by Gasteiger charge is 2.31. The van der Waals surface area contributed by atoms with Crippen molar-refractivity contribution >= 4 is 0 Å². The number of hydrogen-bond acceptors (Lipinski definition) is 4. The van der Waals surface area contributed by atoms with Gasteiger partial charge in [-0.15, -0.1) is 0 Å². The second-order valence-corrected chi connectivity index (χ2v) is 4.81. The summed E-state index contributed by atoms with van der Waals surface area (Å²) in [4.78, 5) is 0. The van der Waals surface area contributed by atoms with Crippen molar-refractivity contribution in [2.45, 2.75) is 44.5 Å². The van der Waals surface area contributed by atoms with Gasteiger partial charge in [0.25, 0.3) is 0 Å². The number of aliphatic hydroxyl groups excluding tert-OH is 1. The molecular formula is C11H23NO3. The van der Waals surface area contributed by atoms with Crippen LogP contribution in [0.2, 0.25) is 0 Å². The number of methoxy groups -OCH3 is 1. The van der Waals surface area contributed by atoms with Gasteiger partial charge in [0.05, 0.1) is 24.4 Å². The Morgan fingerprint density at radius 3 is 2.87 bits per heavy atom. The van der Waals surface area contributed by atoms with E-state index in [2.05, 4.69) is 19.2 Å². The lowest BCUT2D eigenvalue weighted by molar-refractivity contribution is -0.0159. The minimum Gasteiger partial charge on any atom is -0.389 e. The first-order chi connectivity index (χ1) is 7.03. The molecule has 1 rings (SSSR count). The van der Waals surface area contributed by atoms with Gasteiger partial charge < -0.3 is 19.9 Å². The third-order valence-corrected chi connectivity index (χ3v) is 2.67. The van der Waals surface area contributed by atoms with Gasteiger partial charge in [0, 0.05) is 20.2 Å². The van der Waals surface area contributed by atoms with Gasteiger partial charge in [-0.05, 0) is 26.7 Å². The zero-order chi connectivity index (χ0) is 11.3. The van der Waals surface area contributed by atoms with Crippen molar-refractivity contribution < 1.29 is 14.6 Å². The number of rotatable bonds is 6. The summed E-state index contributed by atoms with van der Waals surface area (Å²) in [5.74, 6) is 0. The first-order valence-electron chi connectivity index (χ1n) is 5.59. The van der Waals surface area contributed by atoms with Crippen LogP contribution in [0.15, 0.2) is 0 Å². The van der Waals surface area contributed by atoms with Crippen molar-refractivity contribution in [1.82, 2.24) is 5.32 Å². The Hall–Kier alpha value is -0.160. The van der Waals surface area contributed by atoms with Gasteiger partial charge in [-0.1, -0.05) is 0 Å². The van der Waals surface area contributed by atoms with E-state index in [4.69, 9.17) is 9.47 Å². The second kappa shape index (κ2) is 5.80. The highest BCUT2D eigenvalue weighted by atomic mass is 16.5. The van der Waals surface area contributed by atoms with E-state index in [1.54, 1.807) is 7.11 Å². The standard InChI is InChI=1S/C11H23NO3/c1-11(2)5-4-10(15-11)7-12-6-9(13)8-14-3/h9-10,12-13H,4-8H2,1-3H3. The fourth-order valence-corrected chi connectivity index (χ4v) is 1.88. The van der Waals surface area contributed by atoms with Crippen LogP contribution in [0.1, 0.15) is 26.7 Å². The van der Waals surface area contributed by atoms with E-state index >= 15 is 0 Å². The van der Waals surface area contributed by atoms with E-state index in [0.717, 1.165) is 19.4 Å². The molecule has 0 bridgehead atoms. The molecule has 0 saturated carbocycles. The summed E-state index contributed by atoms with van der Waals surface area (Å²) in [5.41, 5.74) is 0.0253. The second-order valence-electron chi connectivity index (χ2n) is 4.81. The minimum absolute atomic E-state index is 0.0253. The predicted octanol–water partition coefficient (Wildman–Crippen LogP) is 0.541. The largest absolute Gasteiger partial charge is 0.389 e. The van der Waals surface area contributed by atoms with Gasteiger partial charge in [-0.2, -0.15) is 0 Å². The molecule has 2 unspecified atom stereocenters. The highest BCUT2D eigenvalue weighted by Crippen LogP contribution is 2.28. The molecule has 0 aromatic carbocycles. The van der Waals surface area contributed by atoms with Crippen LogP contribution in [0.4, 0.5) is 0 Å². The highest BCUT2D eigenvalue weighted by molar-refractivity contribution is 4.82. The Bertz CT molecular complexity index is 185. The maximum absolute atomic E-state index is 9.40. The monoisotopic (exact) mass is 217 g/mol. The van der Waals surface area contributed by atoms with Gasteiger partial charge >= 0.3 is 0 Å². The quantitative estimate of drug-likeness (QED) is 0.682. The summed E-state index contributed by atoms with van der Waals surface area (Å²) in [6, 6.07) is 0. The average Bonchev–Trinajstić information content (AvgIpc) is 2.46. The van der Waals surface area contributed by atoms with E-state index in [1.807, 2.05) is 0 Å². The molecule has 1 aliphatic rings. The van der Waals surface area contributed by atoms with Crippen molar-refractivity contribution in [3.63, 3.8) is 0 Å². The molecule has 1 fully saturated rings. The lowest BCUT2D eigenvalue weighted by Gasteiger charge is -2.20. The smallest absolute Gasteiger partial charge is 0.0897 e. The fraction of sp³-hybridized carbons (Fsp3) is 1.00. The summed E-state index contributed by atoms with van der Waals surface area (Å²) >= 11 is 0. The molecule has 0 amide bonds. The van der Waals surface area contributed by atoms with E-state index < -0.39 is 6.10 Å². The van der Waals surface area contributed by atoms with Crippen LogP contribution in [0, 0.1) is 0 Å². The molecular weight excluding hydrogens is 194 g/mol. The minimum atomic E-state index is -0.426. The van der Waals surface area contributed by atoms with Crippen LogP contribution in [-0.2, 0) is 9.47 Å². The zero-order valence-electron chi connectivity index (χ0n) is 9.95. The zero-order valence-corrected chi connectivity index (χ0v) is 9.95. The third kappa shape index (κ3) is 4.93. The number of aliphatic hydroxyl groups is 1. The summed E-state index contributed by atoms with van der Waals surface area (Å²) in [7, 11) is 1.59. The lowest BCUT2D eigenvalue weighted by atomic mass is 10.1. The van der Waals surface area contributed by atoms with E-state index in [9.17, 15) is 5.11 Å². The van der Waals surface area contributed by atoms with Gasteiger partial charge in [0.1, 0.15) is 0 Å². The Balaban J connectivity index is 2.06. The van der Waals surface area contributed by atoms with Crippen LogP contribution in [0.25, 0.3) is 0 Å². The van der Waals surface area contributed by atoms with Gasteiger partial charge in [0.2, 0.25) is 0 Å². The molecule has 4 nitrogen and oxygen atoms in total. The summed E-state index contributed by atoms with van der Waals surface area (Å²) < 4.78 is 10.7.